The topological polar surface area (TPSA) is 41.1 Å². The van der Waals surface area contributed by atoms with Crippen LogP contribution < -0.4 is 10.2 Å². The molecule has 1 aromatic heterocycles. The molecular formula is C14H21FN4. The molecule has 2 aliphatic rings. The molecule has 0 bridgehead atoms. The van der Waals surface area contributed by atoms with Crippen molar-refractivity contribution in [3.63, 3.8) is 0 Å². The molecule has 104 valence electrons. The van der Waals surface area contributed by atoms with Gasteiger partial charge >= 0.3 is 0 Å². The van der Waals surface area contributed by atoms with Gasteiger partial charge < -0.3 is 10.2 Å². The fraction of sp³-hybridized carbons (Fsp3) is 0.714. The monoisotopic (exact) mass is 264 g/mol. The van der Waals surface area contributed by atoms with Crippen molar-refractivity contribution < 1.29 is 4.39 Å². The van der Waals surface area contributed by atoms with E-state index in [0.29, 0.717) is 17.8 Å². The van der Waals surface area contributed by atoms with E-state index in [1.165, 1.54) is 31.9 Å². The molecule has 2 heterocycles. The summed E-state index contributed by atoms with van der Waals surface area (Å²) in [5, 5.41) is 3.06. The number of fused-ring (bicyclic) bond motifs is 1. The summed E-state index contributed by atoms with van der Waals surface area (Å²) in [5.41, 5.74) is 0. The summed E-state index contributed by atoms with van der Waals surface area (Å²) in [5.74, 6) is 1.45. The highest BCUT2D eigenvalue weighted by Crippen LogP contribution is 2.39. The zero-order valence-electron chi connectivity index (χ0n) is 11.4. The van der Waals surface area contributed by atoms with Gasteiger partial charge in [-0.25, -0.2) is 9.37 Å². The molecule has 1 aromatic rings. The molecule has 0 amide bonds. The molecule has 0 aromatic carbocycles. The van der Waals surface area contributed by atoms with Gasteiger partial charge in [-0.1, -0.05) is 6.42 Å². The van der Waals surface area contributed by atoms with E-state index in [2.05, 4.69) is 20.2 Å². The van der Waals surface area contributed by atoms with Crippen molar-refractivity contribution >= 4 is 11.8 Å². The fourth-order valence-electron chi connectivity index (χ4n) is 3.52. The third-order valence-electron chi connectivity index (χ3n) is 4.33. The van der Waals surface area contributed by atoms with Crippen molar-refractivity contribution in [1.82, 2.24) is 9.97 Å². The normalized spacial score (nSPS) is 26.3. The van der Waals surface area contributed by atoms with Crippen LogP contribution in [0, 0.1) is 11.7 Å². The summed E-state index contributed by atoms with van der Waals surface area (Å²) in [6.07, 6.45) is 7.44. The van der Waals surface area contributed by atoms with E-state index in [4.69, 9.17) is 0 Å². The van der Waals surface area contributed by atoms with Gasteiger partial charge in [0.05, 0.1) is 6.20 Å². The van der Waals surface area contributed by atoms with Gasteiger partial charge in [-0.15, -0.1) is 0 Å². The lowest BCUT2D eigenvalue weighted by Crippen LogP contribution is -2.43. The van der Waals surface area contributed by atoms with Gasteiger partial charge in [0.2, 0.25) is 5.95 Å². The first-order valence-corrected chi connectivity index (χ1v) is 7.32. The van der Waals surface area contributed by atoms with Crippen LogP contribution in [0.5, 0.6) is 0 Å². The number of rotatable bonds is 3. The third-order valence-corrected chi connectivity index (χ3v) is 4.33. The Morgan fingerprint density at radius 1 is 1.37 bits per heavy atom. The van der Waals surface area contributed by atoms with Crippen LogP contribution in [-0.2, 0) is 0 Å². The molecule has 19 heavy (non-hydrogen) atoms. The molecule has 3 rings (SSSR count). The average molecular weight is 264 g/mol. The van der Waals surface area contributed by atoms with Crippen molar-refractivity contribution in [2.24, 2.45) is 5.92 Å². The Morgan fingerprint density at radius 2 is 2.21 bits per heavy atom. The molecule has 1 aliphatic heterocycles. The van der Waals surface area contributed by atoms with Crippen LogP contribution in [0.4, 0.5) is 16.2 Å². The summed E-state index contributed by atoms with van der Waals surface area (Å²) < 4.78 is 14.1. The van der Waals surface area contributed by atoms with Crippen LogP contribution in [0.2, 0.25) is 0 Å². The Morgan fingerprint density at radius 3 is 3.05 bits per heavy atom. The number of hydrogen-bond donors (Lipinski definition) is 1. The molecule has 1 aliphatic carbocycles. The Labute approximate surface area is 113 Å². The van der Waals surface area contributed by atoms with Gasteiger partial charge in [0, 0.05) is 19.1 Å². The number of halogens is 1. The van der Waals surface area contributed by atoms with Crippen LogP contribution in [0.3, 0.4) is 0 Å². The summed E-state index contributed by atoms with van der Waals surface area (Å²) in [4.78, 5) is 10.5. The van der Waals surface area contributed by atoms with Gasteiger partial charge in [-0.2, -0.15) is 4.98 Å². The molecule has 0 radical (unpaired) electrons. The number of piperidine rings is 1. The van der Waals surface area contributed by atoms with Gasteiger partial charge in [0.1, 0.15) is 0 Å². The lowest BCUT2D eigenvalue weighted by Gasteiger charge is -2.38. The first kappa shape index (κ1) is 12.6. The molecule has 5 heteroatoms. The van der Waals surface area contributed by atoms with E-state index >= 15 is 0 Å². The van der Waals surface area contributed by atoms with Crippen molar-refractivity contribution in [1.29, 1.82) is 0 Å². The average Bonchev–Trinajstić information content (AvgIpc) is 2.89. The highest BCUT2D eigenvalue weighted by atomic mass is 19.1. The molecule has 2 atom stereocenters. The molecule has 1 saturated heterocycles. The number of anilines is 2. The summed E-state index contributed by atoms with van der Waals surface area (Å²) >= 11 is 0. The Hall–Kier alpha value is -1.39. The minimum absolute atomic E-state index is 0.297. The van der Waals surface area contributed by atoms with Gasteiger partial charge in [0.15, 0.2) is 11.6 Å². The second-order valence-electron chi connectivity index (χ2n) is 5.49. The number of nitrogens with zero attached hydrogens (tertiary/aromatic N) is 3. The molecule has 4 nitrogen and oxygen atoms in total. The summed E-state index contributed by atoms with van der Waals surface area (Å²) in [6, 6.07) is 0.479. The van der Waals surface area contributed by atoms with Gasteiger partial charge in [-0.3, -0.25) is 0 Å². The van der Waals surface area contributed by atoms with Gasteiger partial charge in [0.25, 0.3) is 0 Å². The zero-order chi connectivity index (χ0) is 13.2. The van der Waals surface area contributed by atoms with Crippen LogP contribution in [0.1, 0.15) is 39.0 Å². The lowest BCUT2D eigenvalue weighted by atomic mass is 9.92. The minimum Gasteiger partial charge on any atom is -0.354 e. The van der Waals surface area contributed by atoms with E-state index < -0.39 is 0 Å². The first-order valence-electron chi connectivity index (χ1n) is 7.32. The molecule has 2 fully saturated rings. The Balaban J connectivity index is 1.89. The first-order chi connectivity index (χ1) is 9.29. The standard InChI is InChI=1S/C14H21FN4/c1-2-16-14-17-9-11(15)13(18-14)19-8-4-6-10-5-3-7-12(10)19/h9-10,12H,2-8H2,1H3,(H,16,17,18). The number of nitrogens with one attached hydrogen (secondary N) is 1. The SMILES string of the molecule is CCNc1ncc(F)c(N2CCCC3CCCC32)n1. The predicted molar refractivity (Wildman–Crippen MR) is 73.9 cm³/mol. The Bertz CT molecular complexity index is 451. The van der Waals surface area contributed by atoms with Gasteiger partial charge in [-0.05, 0) is 38.5 Å². The lowest BCUT2D eigenvalue weighted by molar-refractivity contribution is 0.357. The number of aromatic nitrogens is 2. The van der Waals surface area contributed by atoms with E-state index in [9.17, 15) is 4.39 Å². The quantitative estimate of drug-likeness (QED) is 0.911. The highest BCUT2D eigenvalue weighted by molar-refractivity contribution is 5.45. The predicted octanol–water partition coefficient (Wildman–Crippen LogP) is 2.82. The summed E-state index contributed by atoms with van der Waals surface area (Å²) in [6.45, 7) is 3.65. The van der Waals surface area contributed by atoms with E-state index in [1.54, 1.807) is 0 Å². The second kappa shape index (κ2) is 5.31. The molecule has 1 N–H and O–H groups in total. The van der Waals surface area contributed by atoms with Crippen molar-refractivity contribution in [2.75, 3.05) is 23.3 Å². The van der Waals surface area contributed by atoms with E-state index in [1.807, 2.05) is 6.92 Å². The molecule has 2 unspecified atom stereocenters. The Kier molecular flexibility index (Phi) is 3.53. The molecular weight excluding hydrogens is 243 g/mol. The zero-order valence-corrected chi connectivity index (χ0v) is 11.4. The largest absolute Gasteiger partial charge is 0.354 e. The highest BCUT2D eigenvalue weighted by Gasteiger charge is 2.36. The molecule has 1 saturated carbocycles. The molecule has 0 spiro atoms. The fourth-order valence-corrected chi connectivity index (χ4v) is 3.52. The van der Waals surface area contributed by atoms with Crippen LogP contribution >= 0.6 is 0 Å². The van der Waals surface area contributed by atoms with Crippen LogP contribution in [0.15, 0.2) is 6.20 Å². The maximum absolute atomic E-state index is 14.1. The summed E-state index contributed by atoms with van der Waals surface area (Å²) in [7, 11) is 0. The third kappa shape index (κ3) is 2.38. The number of hydrogen-bond acceptors (Lipinski definition) is 4. The van der Waals surface area contributed by atoms with E-state index in [-0.39, 0.29) is 5.82 Å². The van der Waals surface area contributed by atoms with E-state index in [0.717, 1.165) is 25.4 Å². The van der Waals surface area contributed by atoms with Crippen LogP contribution in [-0.4, -0.2) is 29.1 Å². The van der Waals surface area contributed by atoms with Crippen molar-refractivity contribution in [3.8, 4) is 0 Å². The van der Waals surface area contributed by atoms with Crippen molar-refractivity contribution in [2.45, 2.75) is 45.1 Å². The maximum atomic E-state index is 14.1. The minimum atomic E-state index is -0.297. The maximum Gasteiger partial charge on any atom is 0.224 e. The van der Waals surface area contributed by atoms with Crippen molar-refractivity contribution in [3.05, 3.63) is 12.0 Å². The smallest absolute Gasteiger partial charge is 0.224 e. The second-order valence-corrected chi connectivity index (χ2v) is 5.49. The van der Waals surface area contributed by atoms with Crippen LogP contribution in [0.25, 0.3) is 0 Å².